The van der Waals surface area contributed by atoms with Crippen LogP contribution >= 0.6 is 36.2 Å². The number of nitrogens with one attached hydrogen (secondary N) is 1. The molecule has 3 rings (SSSR count). The molecule has 2 aromatic rings. The summed E-state index contributed by atoms with van der Waals surface area (Å²) < 4.78 is 5.56. The summed E-state index contributed by atoms with van der Waals surface area (Å²) in [6.07, 6.45) is 3.64. The molecule has 1 unspecified atom stereocenters. The number of hydrogen-bond donors (Lipinski definition) is 2. The highest BCUT2D eigenvalue weighted by Crippen LogP contribution is 2.31. The van der Waals surface area contributed by atoms with Gasteiger partial charge in [-0.2, -0.15) is 0 Å². The summed E-state index contributed by atoms with van der Waals surface area (Å²) >= 11 is 1.42. The minimum absolute atomic E-state index is 0. The van der Waals surface area contributed by atoms with Crippen molar-refractivity contribution in [3.63, 3.8) is 0 Å². The molecule has 3 N–H and O–H groups in total. The molecule has 1 fully saturated rings. The van der Waals surface area contributed by atoms with Crippen LogP contribution in [0.5, 0.6) is 5.75 Å². The van der Waals surface area contributed by atoms with E-state index in [2.05, 4.69) is 21.3 Å². The van der Waals surface area contributed by atoms with Crippen LogP contribution in [0.25, 0.3) is 0 Å². The number of methoxy groups -OCH3 is 1. The molecule has 0 radical (unpaired) electrons. The number of amides is 1. The lowest BCUT2D eigenvalue weighted by Gasteiger charge is -2.35. The van der Waals surface area contributed by atoms with Gasteiger partial charge in [-0.25, -0.2) is 4.98 Å². The van der Waals surface area contributed by atoms with Gasteiger partial charge in [-0.05, 0) is 32.0 Å². The van der Waals surface area contributed by atoms with Crippen LogP contribution in [-0.4, -0.2) is 42.5 Å². The number of nitrogens with zero attached hydrogens (tertiary/aromatic N) is 2. The van der Waals surface area contributed by atoms with Gasteiger partial charge >= 0.3 is 0 Å². The van der Waals surface area contributed by atoms with E-state index in [1.807, 2.05) is 18.2 Å². The SMILES string of the molecule is COc1ccccc1C(CNC(=O)c1csc(CN)n1)N1CCCCC1.Cl.Cl. The smallest absolute Gasteiger partial charge is 0.270 e. The molecule has 1 aliphatic heterocycles. The van der Waals surface area contributed by atoms with E-state index in [-0.39, 0.29) is 36.8 Å². The number of aromatic nitrogens is 1. The first kappa shape index (κ1) is 24.7. The van der Waals surface area contributed by atoms with Crippen LogP contribution in [0.4, 0.5) is 0 Å². The third-order valence-electron chi connectivity index (χ3n) is 4.74. The molecule has 0 aliphatic carbocycles. The second-order valence-corrected chi connectivity index (χ2v) is 7.34. The third-order valence-corrected chi connectivity index (χ3v) is 5.62. The number of para-hydroxylation sites is 1. The molecule has 6 nitrogen and oxygen atoms in total. The van der Waals surface area contributed by atoms with Gasteiger partial charge in [0.05, 0.1) is 13.2 Å². The maximum Gasteiger partial charge on any atom is 0.270 e. The van der Waals surface area contributed by atoms with Crippen LogP contribution in [-0.2, 0) is 6.54 Å². The zero-order valence-corrected chi connectivity index (χ0v) is 18.4. The average molecular weight is 447 g/mol. The van der Waals surface area contributed by atoms with Crippen molar-refractivity contribution < 1.29 is 9.53 Å². The number of thiazole rings is 1. The molecule has 1 atom stereocenters. The van der Waals surface area contributed by atoms with Crippen LogP contribution in [0, 0.1) is 0 Å². The molecule has 1 aromatic heterocycles. The fourth-order valence-corrected chi connectivity index (χ4v) is 4.05. The fourth-order valence-electron chi connectivity index (χ4n) is 3.40. The van der Waals surface area contributed by atoms with Gasteiger partial charge in [0, 0.05) is 24.0 Å². The van der Waals surface area contributed by atoms with Crippen molar-refractivity contribution in [2.75, 3.05) is 26.7 Å². The summed E-state index contributed by atoms with van der Waals surface area (Å²) in [6, 6.07) is 8.13. The summed E-state index contributed by atoms with van der Waals surface area (Å²) in [4.78, 5) is 19.2. The number of halogens is 2. The lowest BCUT2D eigenvalue weighted by Crippen LogP contribution is -2.40. The summed E-state index contributed by atoms with van der Waals surface area (Å²) in [6.45, 7) is 2.95. The van der Waals surface area contributed by atoms with Crippen molar-refractivity contribution in [2.24, 2.45) is 5.73 Å². The predicted molar refractivity (Wildman–Crippen MR) is 118 cm³/mol. The standard InChI is InChI=1S/C19H26N4O2S.2ClH/c1-25-17-8-4-3-7-14(17)16(23-9-5-2-6-10-23)12-21-19(24)15-13-26-18(11-20)22-15;;/h3-4,7-8,13,16H,2,5-6,9-12,20H2,1H3,(H,21,24);2*1H. The number of benzene rings is 1. The quantitative estimate of drug-likeness (QED) is 0.680. The summed E-state index contributed by atoms with van der Waals surface area (Å²) in [5.74, 6) is 0.703. The number of carbonyl (C=O) groups is 1. The molecule has 1 amide bonds. The summed E-state index contributed by atoms with van der Waals surface area (Å²) in [5.41, 5.74) is 7.13. The zero-order chi connectivity index (χ0) is 18.4. The minimum Gasteiger partial charge on any atom is -0.496 e. The van der Waals surface area contributed by atoms with Crippen molar-refractivity contribution >= 4 is 42.1 Å². The first-order valence-corrected chi connectivity index (χ1v) is 9.90. The van der Waals surface area contributed by atoms with Crippen LogP contribution < -0.4 is 15.8 Å². The largest absolute Gasteiger partial charge is 0.496 e. The Morgan fingerprint density at radius 3 is 2.64 bits per heavy atom. The molecular weight excluding hydrogens is 419 g/mol. The van der Waals surface area contributed by atoms with Gasteiger partial charge in [-0.15, -0.1) is 36.2 Å². The Hall–Kier alpha value is -1.38. The van der Waals surface area contributed by atoms with Crippen molar-refractivity contribution in [3.8, 4) is 5.75 Å². The highest BCUT2D eigenvalue weighted by Gasteiger charge is 2.25. The number of hydrogen-bond acceptors (Lipinski definition) is 6. The van der Waals surface area contributed by atoms with Gasteiger partial charge in [0.2, 0.25) is 0 Å². The first-order chi connectivity index (χ1) is 12.7. The second kappa shape index (κ2) is 12.2. The molecule has 0 bridgehead atoms. The maximum absolute atomic E-state index is 12.5. The van der Waals surface area contributed by atoms with Crippen LogP contribution in [0.3, 0.4) is 0 Å². The molecule has 0 saturated carbocycles. The van der Waals surface area contributed by atoms with Crippen molar-refractivity contribution in [1.82, 2.24) is 15.2 Å². The Labute approximate surface area is 182 Å². The number of rotatable bonds is 7. The third kappa shape index (κ3) is 6.06. The normalized spacial score (nSPS) is 15.1. The lowest BCUT2D eigenvalue weighted by atomic mass is 10.0. The molecular formula is C19H28Cl2N4O2S. The van der Waals surface area contributed by atoms with E-state index in [1.165, 1.54) is 30.6 Å². The van der Waals surface area contributed by atoms with Gasteiger partial charge < -0.3 is 15.8 Å². The van der Waals surface area contributed by atoms with E-state index in [0.717, 1.165) is 29.4 Å². The van der Waals surface area contributed by atoms with E-state index in [0.29, 0.717) is 18.8 Å². The molecule has 1 aliphatic rings. The van der Waals surface area contributed by atoms with Crippen molar-refractivity contribution in [2.45, 2.75) is 31.8 Å². The van der Waals surface area contributed by atoms with Crippen LogP contribution in [0.2, 0.25) is 0 Å². The Bertz CT molecular complexity index is 738. The van der Waals surface area contributed by atoms with Gasteiger partial charge in [-0.1, -0.05) is 24.6 Å². The van der Waals surface area contributed by atoms with E-state index in [4.69, 9.17) is 10.5 Å². The van der Waals surface area contributed by atoms with Crippen LogP contribution in [0.1, 0.15) is 46.4 Å². The fraction of sp³-hybridized carbons (Fsp3) is 0.474. The predicted octanol–water partition coefficient (Wildman–Crippen LogP) is 3.41. The number of carbonyl (C=O) groups excluding carboxylic acids is 1. The maximum atomic E-state index is 12.5. The van der Waals surface area contributed by atoms with Crippen molar-refractivity contribution in [1.29, 1.82) is 0 Å². The number of nitrogens with two attached hydrogens (primary N) is 1. The van der Waals surface area contributed by atoms with E-state index >= 15 is 0 Å². The molecule has 1 saturated heterocycles. The Morgan fingerprint density at radius 1 is 1.29 bits per heavy atom. The summed E-state index contributed by atoms with van der Waals surface area (Å²) in [5, 5.41) is 5.58. The molecule has 1 aromatic carbocycles. The molecule has 156 valence electrons. The minimum atomic E-state index is -0.155. The Morgan fingerprint density at radius 2 is 2.00 bits per heavy atom. The van der Waals surface area contributed by atoms with Gasteiger partial charge in [0.25, 0.3) is 5.91 Å². The molecule has 9 heteroatoms. The number of likely N-dealkylation sites (tertiary alicyclic amines) is 1. The van der Waals surface area contributed by atoms with E-state index in [9.17, 15) is 4.79 Å². The number of ether oxygens (including phenoxy) is 1. The number of piperidine rings is 1. The molecule has 0 spiro atoms. The average Bonchev–Trinajstić information content (AvgIpc) is 3.18. The van der Waals surface area contributed by atoms with Gasteiger partial charge in [-0.3, -0.25) is 9.69 Å². The van der Waals surface area contributed by atoms with E-state index in [1.54, 1.807) is 12.5 Å². The Balaban J connectivity index is 0.00000196. The van der Waals surface area contributed by atoms with Gasteiger partial charge in [0.15, 0.2) is 0 Å². The highest BCUT2D eigenvalue weighted by molar-refractivity contribution is 7.09. The van der Waals surface area contributed by atoms with Crippen molar-refractivity contribution in [3.05, 3.63) is 45.9 Å². The first-order valence-electron chi connectivity index (χ1n) is 9.02. The Kier molecular flexibility index (Phi) is 10.8. The highest BCUT2D eigenvalue weighted by atomic mass is 35.5. The lowest BCUT2D eigenvalue weighted by molar-refractivity contribution is 0.0919. The zero-order valence-electron chi connectivity index (χ0n) is 15.9. The topological polar surface area (TPSA) is 80.5 Å². The molecule has 28 heavy (non-hydrogen) atoms. The molecule has 2 heterocycles. The monoisotopic (exact) mass is 446 g/mol. The van der Waals surface area contributed by atoms with Gasteiger partial charge in [0.1, 0.15) is 16.5 Å². The van der Waals surface area contributed by atoms with Crippen LogP contribution in [0.15, 0.2) is 29.6 Å². The van der Waals surface area contributed by atoms with E-state index < -0.39 is 0 Å². The summed E-state index contributed by atoms with van der Waals surface area (Å²) in [7, 11) is 1.69. The second-order valence-electron chi connectivity index (χ2n) is 6.40.